The van der Waals surface area contributed by atoms with Gasteiger partial charge in [0.15, 0.2) is 5.16 Å². The number of hydrogen-bond donors (Lipinski definition) is 0. The van der Waals surface area contributed by atoms with Crippen LogP contribution in [0.15, 0.2) is 28.2 Å². The number of aryl methyl sites for hydroxylation is 1. The van der Waals surface area contributed by atoms with Crippen molar-refractivity contribution in [3.63, 3.8) is 0 Å². The molecule has 7 heteroatoms. The molecule has 0 spiro atoms. The van der Waals surface area contributed by atoms with E-state index in [0.29, 0.717) is 22.9 Å². The molecule has 116 valence electrons. The van der Waals surface area contributed by atoms with Crippen molar-refractivity contribution in [2.24, 2.45) is 0 Å². The van der Waals surface area contributed by atoms with E-state index in [4.69, 9.17) is 0 Å². The van der Waals surface area contributed by atoms with Crippen LogP contribution in [0.2, 0.25) is 0 Å². The first kappa shape index (κ1) is 15.0. The minimum absolute atomic E-state index is 0.225. The topological polar surface area (TPSA) is 52.2 Å². The Morgan fingerprint density at radius 2 is 2.09 bits per heavy atom. The average Bonchev–Trinajstić information content (AvgIpc) is 2.86. The van der Waals surface area contributed by atoms with Gasteiger partial charge in [-0.3, -0.25) is 13.8 Å². The summed E-state index contributed by atoms with van der Waals surface area (Å²) >= 11 is 1.50. The van der Waals surface area contributed by atoms with Crippen LogP contribution in [0.25, 0.3) is 16.7 Å². The quantitative estimate of drug-likeness (QED) is 0.693. The smallest absolute Gasteiger partial charge is 0.262 e. The number of aromatic nitrogens is 4. The molecule has 2 heterocycles. The molecule has 0 aliphatic heterocycles. The third-order valence-electron chi connectivity index (χ3n) is 3.33. The number of para-hydroxylation sites is 1. The van der Waals surface area contributed by atoms with Gasteiger partial charge in [0.05, 0.1) is 10.9 Å². The summed E-state index contributed by atoms with van der Waals surface area (Å²) in [7, 11) is 0. The summed E-state index contributed by atoms with van der Waals surface area (Å²) < 4.78 is 17.6. The molecule has 0 amide bonds. The van der Waals surface area contributed by atoms with Crippen LogP contribution in [-0.2, 0) is 6.54 Å². The third kappa shape index (κ3) is 2.29. The second-order valence-corrected chi connectivity index (χ2v) is 6.92. The Morgan fingerprint density at radius 3 is 2.77 bits per heavy atom. The van der Waals surface area contributed by atoms with Crippen molar-refractivity contribution < 1.29 is 4.39 Å². The number of benzene rings is 1. The molecule has 0 fully saturated rings. The first-order valence-electron chi connectivity index (χ1n) is 7.27. The van der Waals surface area contributed by atoms with Crippen LogP contribution in [0, 0.1) is 5.82 Å². The molecule has 2 aromatic heterocycles. The van der Waals surface area contributed by atoms with Crippen LogP contribution >= 0.6 is 11.8 Å². The summed E-state index contributed by atoms with van der Waals surface area (Å²) in [5, 5.41) is 9.52. The molecule has 0 atom stereocenters. The van der Waals surface area contributed by atoms with Gasteiger partial charge in [0.25, 0.3) is 5.56 Å². The maximum atomic E-state index is 14.4. The molecule has 0 radical (unpaired) electrons. The van der Waals surface area contributed by atoms with E-state index < -0.39 is 5.82 Å². The van der Waals surface area contributed by atoms with E-state index in [1.54, 1.807) is 21.1 Å². The van der Waals surface area contributed by atoms with Gasteiger partial charge in [-0.05, 0) is 18.6 Å². The predicted molar refractivity (Wildman–Crippen MR) is 86.0 cm³/mol. The zero-order chi connectivity index (χ0) is 15.9. The minimum Gasteiger partial charge on any atom is -0.276 e. The number of nitrogens with zero attached hydrogens (tertiary/aromatic N) is 4. The Labute approximate surface area is 131 Å². The number of rotatable bonds is 4. The molecule has 0 saturated heterocycles. The molecule has 0 saturated carbocycles. The first-order chi connectivity index (χ1) is 10.5. The maximum absolute atomic E-state index is 14.4. The van der Waals surface area contributed by atoms with Crippen LogP contribution in [0.5, 0.6) is 0 Å². The van der Waals surface area contributed by atoms with E-state index in [0.717, 1.165) is 6.42 Å². The molecule has 0 aliphatic carbocycles. The lowest BCUT2D eigenvalue weighted by atomic mass is 10.2. The summed E-state index contributed by atoms with van der Waals surface area (Å²) in [5.74, 6) is -0.0405. The lowest BCUT2D eigenvalue weighted by molar-refractivity contribution is 0.626. The maximum Gasteiger partial charge on any atom is 0.262 e. The summed E-state index contributed by atoms with van der Waals surface area (Å²) in [6.45, 7) is 6.58. The molecule has 0 aliphatic rings. The van der Waals surface area contributed by atoms with Crippen molar-refractivity contribution in [3.05, 3.63) is 34.4 Å². The highest BCUT2D eigenvalue weighted by molar-refractivity contribution is 7.99. The first-order valence-corrected chi connectivity index (χ1v) is 8.15. The van der Waals surface area contributed by atoms with E-state index in [-0.39, 0.29) is 16.3 Å². The minimum atomic E-state index is -0.436. The molecule has 3 aromatic rings. The van der Waals surface area contributed by atoms with Crippen LogP contribution in [0.4, 0.5) is 4.39 Å². The summed E-state index contributed by atoms with van der Waals surface area (Å²) in [6.07, 6.45) is 0.788. The van der Waals surface area contributed by atoms with Crippen molar-refractivity contribution in [3.8, 4) is 0 Å². The highest BCUT2D eigenvalue weighted by atomic mass is 32.2. The largest absolute Gasteiger partial charge is 0.276 e. The fraction of sp³-hybridized carbons (Fsp3) is 0.400. The fourth-order valence-corrected chi connectivity index (χ4v) is 3.28. The second kappa shape index (κ2) is 5.72. The molecular formula is C15H17FN4OS. The summed E-state index contributed by atoms with van der Waals surface area (Å²) in [5.41, 5.74) is 0.0281. The molecule has 0 N–H and O–H groups in total. The lowest BCUT2D eigenvalue weighted by Crippen LogP contribution is -2.23. The van der Waals surface area contributed by atoms with Crippen LogP contribution < -0.4 is 5.56 Å². The van der Waals surface area contributed by atoms with Crippen molar-refractivity contribution in [1.82, 2.24) is 19.2 Å². The molecule has 0 unspecified atom stereocenters. The monoisotopic (exact) mass is 320 g/mol. The van der Waals surface area contributed by atoms with Crippen LogP contribution in [0.3, 0.4) is 0 Å². The zero-order valence-electron chi connectivity index (χ0n) is 12.7. The zero-order valence-corrected chi connectivity index (χ0v) is 13.5. The van der Waals surface area contributed by atoms with E-state index in [1.807, 2.05) is 20.8 Å². The van der Waals surface area contributed by atoms with Crippen molar-refractivity contribution in [1.29, 1.82) is 0 Å². The highest BCUT2D eigenvalue weighted by Crippen LogP contribution is 2.25. The standard InChI is InChI=1S/C15H17FN4OS/c1-4-8-19-13(21)10-6-5-7-11(16)12(10)20-14(19)17-18-15(20)22-9(2)3/h5-7,9H,4,8H2,1-3H3. The van der Waals surface area contributed by atoms with Gasteiger partial charge in [-0.25, -0.2) is 4.39 Å². The third-order valence-corrected chi connectivity index (χ3v) is 4.28. The van der Waals surface area contributed by atoms with Gasteiger partial charge < -0.3 is 0 Å². The number of halogens is 1. The summed E-state index contributed by atoms with van der Waals surface area (Å²) in [6, 6.07) is 4.56. The normalized spacial score (nSPS) is 11.9. The predicted octanol–water partition coefficient (Wildman–Crippen LogP) is 3.09. The van der Waals surface area contributed by atoms with Gasteiger partial charge in [0, 0.05) is 11.8 Å². The van der Waals surface area contributed by atoms with Crippen molar-refractivity contribution >= 4 is 28.4 Å². The Balaban J connectivity index is 2.49. The van der Waals surface area contributed by atoms with Gasteiger partial charge in [0.2, 0.25) is 5.78 Å². The fourth-order valence-electron chi connectivity index (χ4n) is 2.50. The second-order valence-electron chi connectivity index (χ2n) is 5.38. The van der Waals surface area contributed by atoms with Crippen LogP contribution in [-0.4, -0.2) is 24.4 Å². The van der Waals surface area contributed by atoms with E-state index >= 15 is 0 Å². The Hall–Kier alpha value is -1.89. The van der Waals surface area contributed by atoms with Crippen molar-refractivity contribution in [2.75, 3.05) is 0 Å². The Bertz CT molecular complexity index is 900. The number of thioether (sulfide) groups is 1. The molecule has 3 rings (SSSR count). The van der Waals surface area contributed by atoms with Gasteiger partial charge in [-0.1, -0.05) is 38.6 Å². The highest BCUT2D eigenvalue weighted by Gasteiger charge is 2.19. The number of hydrogen-bond acceptors (Lipinski definition) is 4. The van der Waals surface area contributed by atoms with Gasteiger partial charge >= 0.3 is 0 Å². The Kier molecular flexibility index (Phi) is 3.90. The lowest BCUT2D eigenvalue weighted by Gasteiger charge is -2.11. The molecule has 0 bridgehead atoms. The number of fused-ring (bicyclic) bond motifs is 3. The van der Waals surface area contributed by atoms with Crippen LogP contribution in [0.1, 0.15) is 27.2 Å². The van der Waals surface area contributed by atoms with E-state index in [1.165, 1.54) is 17.8 Å². The van der Waals surface area contributed by atoms with Gasteiger partial charge in [0.1, 0.15) is 5.82 Å². The van der Waals surface area contributed by atoms with E-state index in [2.05, 4.69) is 10.2 Å². The molecule has 5 nitrogen and oxygen atoms in total. The van der Waals surface area contributed by atoms with E-state index in [9.17, 15) is 9.18 Å². The average molecular weight is 320 g/mol. The molecular weight excluding hydrogens is 303 g/mol. The van der Waals surface area contributed by atoms with Crippen molar-refractivity contribution in [2.45, 2.75) is 44.1 Å². The Morgan fingerprint density at radius 1 is 1.32 bits per heavy atom. The van der Waals surface area contributed by atoms with Gasteiger partial charge in [-0.2, -0.15) is 0 Å². The SMILES string of the molecule is CCCn1c(=O)c2cccc(F)c2n2c(SC(C)C)nnc12. The van der Waals surface area contributed by atoms with Gasteiger partial charge in [-0.15, -0.1) is 10.2 Å². The summed E-state index contributed by atoms with van der Waals surface area (Å²) in [4.78, 5) is 12.6. The molecule has 1 aromatic carbocycles. The molecule has 22 heavy (non-hydrogen) atoms.